The number of carbonyl (C=O) groups is 1. The fraction of sp³-hybridized carbons (Fsp3) is 0.364. The topological polar surface area (TPSA) is 41.1 Å². The first kappa shape index (κ1) is 9.06. The molecule has 74 valence electrons. The van der Waals surface area contributed by atoms with E-state index in [1.54, 1.807) is 0 Å². The molecule has 1 aromatic carbocycles. The maximum Gasteiger partial charge on any atom is 0.315 e. The lowest BCUT2D eigenvalue weighted by Crippen LogP contribution is -2.39. The molecular formula is C11H14N2O. The Morgan fingerprint density at radius 1 is 1.36 bits per heavy atom. The van der Waals surface area contributed by atoms with Gasteiger partial charge in [-0.15, -0.1) is 0 Å². The molecule has 1 aliphatic rings. The lowest BCUT2D eigenvalue weighted by molar-refractivity contribution is 0.244. The minimum Gasteiger partial charge on any atom is -0.335 e. The maximum atomic E-state index is 11.2. The molecule has 1 aromatic rings. The molecule has 0 bridgehead atoms. The Labute approximate surface area is 83.5 Å². The summed E-state index contributed by atoms with van der Waals surface area (Å²) in [7, 11) is 0. The third-order valence-corrected chi connectivity index (χ3v) is 2.83. The predicted molar refractivity (Wildman–Crippen MR) is 54.9 cm³/mol. The van der Waals surface area contributed by atoms with Gasteiger partial charge in [0.25, 0.3) is 0 Å². The van der Waals surface area contributed by atoms with E-state index in [0.717, 1.165) is 6.42 Å². The molecule has 1 atom stereocenters. The summed E-state index contributed by atoms with van der Waals surface area (Å²) in [4.78, 5) is 11.2. The van der Waals surface area contributed by atoms with Crippen LogP contribution in [0.5, 0.6) is 0 Å². The maximum absolute atomic E-state index is 11.2. The number of nitrogens with one attached hydrogen (secondary N) is 2. The molecule has 2 N–H and O–H groups in total. The fourth-order valence-corrected chi connectivity index (χ4v) is 1.89. The zero-order valence-electron chi connectivity index (χ0n) is 8.21. The van der Waals surface area contributed by atoms with Gasteiger partial charge in [0.1, 0.15) is 0 Å². The van der Waals surface area contributed by atoms with Crippen molar-refractivity contribution in [1.29, 1.82) is 0 Å². The van der Waals surface area contributed by atoms with Gasteiger partial charge in [0.05, 0.1) is 5.54 Å². The molecule has 1 heterocycles. The van der Waals surface area contributed by atoms with E-state index in [4.69, 9.17) is 0 Å². The molecule has 1 unspecified atom stereocenters. The van der Waals surface area contributed by atoms with Gasteiger partial charge in [0.2, 0.25) is 0 Å². The highest BCUT2D eigenvalue weighted by Crippen LogP contribution is 2.26. The summed E-state index contributed by atoms with van der Waals surface area (Å²) < 4.78 is 0. The van der Waals surface area contributed by atoms with Crippen LogP contribution in [0.15, 0.2) is 30.3 Å². The largest absolute Gasteiger partial charge is 0.335 e. The van der Waals surface area contributed by atoms with Crippen LogP contribution in [0.2, 0.25) is 0 Å². The summed E-state index contributed by atoms with van der Waals surface area (Å²) in [5.74, 6) is 0. The quantitative estimate of drug-likeness (QED) is 0.730. The smallest absolute Gasteiger partial charge is 0.315 e. The van der Waals surface area contributed by atoms with Crippen LogP contribution >= 0.6 is 0 Å². The number of benzene rings is 1. The Morgan fingerprint density at radius 3 is 2.57 bits per heavy atom. The number of rotatable bonds is 2. The normalized spacial score (nSPS) is 25.6. The minimum absolute atomic E-state index is 0.0734. The molecule has 1 fully saturated rings. The van der Waals surface area contributed by atoms with Crippen LogP contribution in [0, 0.1) is 0 Å². The van der Waals surface area contributed by atoms with E-state index < -0.39 is 0 Å². The summed E-state index contributed by atoms with van der Waals surface area (Å²) in [5, 5.41) is 5.79. The lowest BCUT2D eigenvalue weighted by atomic mass is 9.88. The van der Waals surface area contributed by atoms with E-state index >= 15 is 0 Å². The molecule has 2 rings (SSSR count). The van der Waals surface area contributed by atoms with Crippen LogP contribution in [-0.2, 0) is 5.54 Å². The van der Waals surface area contributed by atoms with E-state index in [1.165, 1.54) is 5.56 Å². The van der Waals surface area contributed by atoms with Gasteiger partial charge in [-0.25, -0.2) is 4.79 Å². The van der Waals surface area contributed by atoms with E-state index in [-0.39, 0.29) is 11.6 Å². The van der Waals surface area contributed by atoms with Crippen molar-refractivity contribution in [3.05, 3.63) is 35.9 Å². The number of urea groups is 1. The molecule has 0 aromatic heterocycles. The highest BCUT2D eigenvalue weighted by atomic mass is 16.2. The van der Waals surface area contributed by atoms with Gasteiger partial charge in [0, 0.05) is 6.54 Å². The fourth-order valence-electron chi connectivity index (χ4n) is 1.89. The standard InChI is InChI=1S/C11H14N2O/c1-2-11(8-12-10(14)13-11)9-6-4-3-5-7-9/h3-7H,2,8H2,1H3,(H2,12,13,14). The molecule has 1 saturated heterocycles. The van der Waals surface area contributed by atoms with Crippen LogP contribution in [0.4, 0.5) is 4.79 Å². The van der Waals surface area contributed by atoms with E-state index in [0.29, 0.717) is 6.54 Å². The first-order chi connectivity index (χ1) is 6.77. The Morgan fingerprint density at radius 2 is 2.07 bits per heavy atom. The second kappa shape index (κ2) is 3.33. The monoisotopic (exact) mass is 190 g/mol. The van der Waals surface area contributed by atoms with Crippen molar-refractivity contribution in [2.45, 2.75) is 18.9 Å². The zero-order chi connectivity index (χ0) is 10.0. The summed E-state index contributed by atoms with van der Waals surface area (Å²) in [6, 6.07) is 10.0. The molecule has 3 heteroatoms. The second-order valence-corrected chi connectivity index (χ2v) is 3.61. The minimum atomic E-state index is -0.210. The van der Waals surface area contributed by atoms with Crippen molar-refractivity contribution in [1.82, 2.24) is 10.6 Å². The van der Waals surface area contributed by atoms with Crippen molar-refractivity contribution >= 4 is 6.03 Å². The highest BCUT2D eigenvalue weighted by Gasteiger charge is 2.37. The van der Waals surface area contributed by atoms with E-state index in [2.05, 4.69) is 29.7 Å². The molecule has 2 amide bonds. The van der Waals surface area contributed by atoms with Gasteiger partial charge in [-0.1, -0.05) is 37.3 Å². The molecule has 3 nitrogen and oxygen atoms in total. The van der Waals surface area contributed by atoms with Crippen LogP contribution in [-0.4, -0.2) is 12.6 Å². The van der Waals surface area contributed by atoms with E-state index in [1.807, 2.05) is 18.2 Å². The van der Waals surface area contributed by atoms with Gasteiger partial charge in [0.15, 0.2) is 0 Å². The van der Waals surface area contributed by atoms with Gasteiger partial charge in [-0.05, 0) is 12.0 Å². The third kappa shape index (κ3) is 1.35. The lowest BCUT2D eigenvalue weighted by Gasteiger charge is -2.26. The second-order valence-electron chi connectivity index (χ2n) is 3.61. The van der Waals surface area contributed by atoms with Gasteiger partial charge < -0.3 is 10.6 Å². The first-order valence-corrected chi connectivity index (χ1v) is 4.88. The summed E-state index contributed by atoms with van der Waals surface area (Å²) in [5.41, 5.74) is 0.957. The van der Waals surface area contributed by atoms with Gasteiger partial charge in [-0.3, -0.25) is 0 Å². The molecular weight excluding hydrogens is 176 g/mol. The third-order valence-electron chi connectivity index (χ3n) is 2.83. The van der Waals surface area contributed by atoms with E-state index in [9.17, 15) is 4.79 Å². The summed E-state index contributed by atoms with van der Waals surface area (Å²) in [6.07, 6.45) is 0.899. The highest BCUT2D eigenvalue weighted by molar-refractivity contribution is 5.78. The van der Waals surface area contributed by atoms with Crippen LogP contribution in [0.1, 0.15) is 18.9 Å². The van der Waals surface area contributed by atoms with Crippen molar-refractivity contribution in [2.24, 2.45) is 0 Å². The predicted octanol–water partition coefficient (Wildman–Crippen LogP) is 1.60. The zero-order valence-corrected chi connectivity index (χ0v) is 8.21. The van der Waals surface area contributed by atoms with Crippen LogP contribution in [0.25, 0.3) is 0 Å². The first-order valence-electron chi connectivity index (χ1n) is 4.88. The number of amides is 2. The molecule has 0 aliphatic carbocycles. The summed E-state index contributed by atoms with van der Waals surface area (Å²) >= 11 is 0. The Balaban J connectivity index is 2.34. The van der Waals surface area contributed by atoms with Gasteiger partial charge in [-0.2, -0.15) is 0 Å². The van der Waals surface area contributed by atoms with Crippen molar-refractivity contribution in [3.8, 4) is 0 Å². The number of hydrogen-bond donors (Lipinski definition) is 2. The average molecular weight is 190 g/mol. The van der Waals surface area contributed by atoms with Crippen LogP contribution in [0.3, 0.4) is 0 Å². The molecule has 1 aliphatic heterocycles. The van der Waals surface area contributed by atoms with Crippen molar-refractivity contribution < 1.29 is 4.79 Å². The van der Waals surface area contributed by atoms with Crippen LogP contribution < -0.4 is 10.6 Å². The van der Waals surface area contributed by atoms with Crippen molar-refractivity contribution in [2.75, 3.05) is 6.54 Å². The average Bonchev–Trinajstić information content (AvgIpc) is 2.63. The molecule has 14 heavy (non-hydrogen) atoms. The Bertz CT molecular complexity index is 336. The summed E-state index contributed by atoms with van der Waals surface area (Å²) in [6.45, 7) is 2.76. The SMILES string of the molecule is CCC1(c2ccccc2)CNC(=O)N1. The molecule has 0 radical (unpaired) electrons. The number of hydrogen-bond acceptors (Lipinski definition) is 1. The number of carbonyl (C=O) groups excluding carboxylic acids is 1. The van der Waals surface area contributed by atoms with Crippen molar-refractivity contribution in [3.63, 3.8) is 0 Å². The molecule has 0 spiro atoms. The molecule has 0 saturated carbocycles. The Kier molecular flexibility index (Phi) is 2.15. The Hall–Kier alpha value is -1.51. The van der Waals surface area contributed by atoms with Gasteiger partial charge >= 0.3 is 6.03 Å².